The molecule has 5 heteroatoms. The number of nitrogens with two attached hydrogens (primary N) is 1. The highest BCUT2D eigenvalue weighted by Crippen LogP contribution is 2.27. The summed E-state index contributed by atoms with van der Waals surface area (Å²) in [5, 5.41) is 0. The van der Waals surface area contributed by atoms with Crippen LogP contribution in [0, 0.1) is 11.2 Å². The molecular weight excluding hydrogens is 329 g/mol. The van der Waals surface area contributed by atoms with Crippen molar-refractivity contribution in [2.24, 2.45) is 5.41 Å². The summed E-state index contributed by atoms with van der Waals surface area (Å²) in [5.74, 6) is -0.248. The number of rotatable bonds is 5. The molecule has 0 aromatic heterocycles. The second-order valence-corrected chi connectivity index (χ2v) is 7.82. The van der Waals surface area contributed by atoms with Crippen LogP contribution in [-0.4, -0.2) is 24.9 Å². The zero-order chi connectivity index (χ0) is 19.5. The molecule has 0 atom stereocenters. The lowest BCUT2D eigenvalue weighted by Gasteiger charge is -2.31. The molecule has 0 aliphatic carbocycles. The third-order valence-corrected chi connectivity index (χ3v) is 4.16. The minimum atomic E-state index is -0.515. The van der Waals surface area contributed by atoms with Gasteiger partial charge in [-0.15, -0.1) is 0 Å². The van der Waals surface area contributed by atoms with E-state index in [1.807, 2.05) is 58.0 Å². The van der Waals surface area contributed by atoms with Gasteiger partial charge in [-0.1, -0.05) is 32.9 Å². The predicted molar refractivity (Wildman–Crippen MR) is 105 cm³/mol. The largest absolute Gasteiger partial charge is 0.399 e. The molecule has 0 unspecified atom stereocenters. The van der Waals surface area contributed by atoms with Crippen molar-refractivity contribution < 1.29 is 9.18 Å². The van der Waals surface area contributed by atoms with E-state index in [4.69, 9.17) is 5.73 Å². The number of hydrogen-bond donors (Lipinski definition) is 1. The maximum Gasteiger partial charge on any atom is 0.228 e. The van der Waals surface area contributed by atoms with Gasteiger partial charge in [0.15, 0.2) is 0 Å². The number of halogens is 1. The van der Waals surface area contributed by atoms with Gasteiger partial charge in [0.2, 0.25) is 5.91 Å². The van der Waals surface area contributed by atoms with Crippen LogP contribution in [0.15, 0.2) is 42.5 Å². The van der Waals surface area contributed by atoms with Crippen molar-refractivity contribution in [1.82, 2.24) is 4.90 Å². The van der Waals surface area contributed by atoms with E-state index in [0.29, 0.717) is 18.8 Å². The molecule has 1 amide bonds. The highest BCUT2D eigenvalue weighted by atomic mass is 19.1. The first-order valence-corrected chi connectivity index (χ1v) is 8.67. The number of nitrogens with zero attached hydrogens (tertiary/aromatic N) is 2. The Labute approximate surface area is 155 Å². The monoisotopic (exact) mass is 357 g/mol. The number of hydrogen-bond acceptors (Lipinski definition) is 3. The van der Waals surface area contributed by atoms with Crippen LogP contribution < -0.4 is 10.6 Å². The van der Waals surface area contributed by atoms with Gasteiger partial charge in [0.05, 0.1) is 0 Å². The predicted octanol–water partition coefficient (Wildman–Crippen LogP) is 4.05. The summed E-state index contributed by atoms with van der Waals surface area (Å²) in [4.78, 5) is 16.8. The van der Waals surface area contributed by atoms with Gasteiger partial charge >= 0.3 is 0 Å². The molecule has 4 nitrogen and oxygen atoms in total. The highest BCUT2D eigenvalue weighted by Gasteiger charge is 2.28. The number of benzene rings is 2. The zero-order valence-electron chi connectivity index (χ0n) is 16.2. The summed E-state index contributed by atoms with van der Waals surface area (Å²) in [6.07, 6.45) is 0. The van der Waals surface area contributed by atoms with E-state index in [0.717, 1.165) is 16.8 Å². The van der Waals surface area contributed by atoms with Gasteiger partial charge in [-0.3, -0.25) is 4.79 Å². The molecule has 0 bridgehead atoms. The van der Waals surface area contributed by atoms with E-state index >= 15 is 0 Å². The number of anilines is 2. The summed E-state index contributed by atoms with van der Waals surface area (Å²) < 4.78 is 13.2. The molecule has 0 radical (unpaired) electrons. The zero-order valence-corrected chi connectivity index (χ0v) is 16.2. The van der Waals surface area contributed by atoms with Crippen molar-refractivity contribution in [1.29, 1.82) is 0 Å². The first kappa shape index (κ1) is 19.8. The van der Waals surface area contributed by atoms with Crippen LogP contribution in [0.2, 0.25) is 0 Å². The Morgan fingerprint density at radius 1 is 1.04 bits per heavy atom. The van der Waals surface area contributed by atoms with Crippen molar-refractivity contribution in [2.75, 3.05) is 24.7 Å². The van der Waals surface area contributed by atoms with Gasteiger partial charge in [-0.05, 0) is 41.5 Å². The van der Waals surface area contributed by atoms with Crippen LogP contribution in [0.3, 0.4) is 0 Å². The van der Waals surface area contributed by atoms with Crippen molar-refractivity contribution in [2.45, 2.75) is 33.9 Å². The molecule has 0 heterocycles. The van der Waals surface area contributed by atoms with Gasteiger partial charge in [0.1, 0.15) is 5.82 Å². The van der Waals surface area contributed by atoms with Crippen molar-refractivity contribution >= 4 is 17.3 Å². The Hall–Kier alpha value is -2.56. The quantitative estimate of drug-likeness (QED) is 0.822. The molecule has 2 N–H and O–H groups in total. The molecule has 2 rings (SSSR count). The van der Waals surface area contributed by atoms with Crippen molar-refractivity contribution in [3.63, 3.8) is 0 Å². The van der Waals surface area contributed by atoms with Crippen LogP contribution in [0.5, 0.6) is 0 Å². The smallest absolute Gasteiger partial charge is 0.228 e. The summed E-state index contributed by atoms with van der Waals surface area (Å²) in [6, 6.07) is 12.0. The number of carbonyl (C=O) groups is 1. The van der Waals surface area contributed by atoms with Crippen LogP contribution in [-0.2, 0) is 17.9 Å². The van der Waals surface area contributed by atoms with Gasteiger partial charge in [-0.2, -0.15) is 0 Å². The van der Waals surface area contributed by atoms with Crippen LogP contribution >= 0.6 is 0 Å². The number of nitrogen functional groups attached to an aromatic ring is 1. The standard InChI is InChI=1S/C21H28FN3O/c1-21(2,3)20(26)25(13-15-6-8-17(22)9-7-15)14-16-12-18(23)10-11-19(16)24(4)5/h6-12H,13-14,23H2,1-5H3. The Kier molecular flexibility index (Phi) is 5.90. The lowest BCUT2D eigenvalue weighted by molar-refractivity contribution is -0.140. The van der Waals surface area contributed by atoms with E-state index in [2.05, 4.69) is 0 Å². The van der Waals surface area contributed by atoms with Gasteiger partial charge in [-0.25, -0.2) is 4.39 Å². The van der Waals surface area contributed by atoms with E-state index in [1.54, 1.807) is 17.0 Å². The Balaban J connectivity index is 2.37. The fourth-order valence-electron chi connectivity index (χ4n) is 2.86. The molecule has 0 aliphatic heterocycles. The molecule has 0 saturated heterocycles. The Morgan fingerprint density at radius 3 is 2.19 bits per heavy atom. The summed E-state index contributed by atoms with van der Waals surface area (Å²) in [6.45, 7) is 6.56. The Morgan fingerprint density at radius 2 is 1.65 bits per heavy atom. The molecule has 2 aromatic rings. The summed E-state index contributed by atoms with van der Waals surface area (Å²) in [5.41, 5.74) is 9.01. The van der Waals surface area contributed by atoms with E-state index < -0.39 is 5.41 Å². The normalized spacial score (nSPS) is 11.3. The third kappa shape index (κ3) is 4.97. The molecule has 26 heavy (non-hydrogen) atoms. The molecular formula is C21H28FN3O. The Bertz CT molecular complexity index is 764. The lowest BCUT2D eigenvalue weighted by Crippen LogP contribution is -2.38. The van der Waals surface area contributed by atoms with Gasteiger partial charge in [0, 0.05) is 44.0 Å². The maximum atomic E-state index is 13.2. The average molecular weight is 357 g/mol. The van der Waals surface area contributed by atoms with E-state index in [-0.39, 0.29) is 11.7 Å². The fourth-order valence-corrected chi connectivity index (χ4v) is 2.86. The molecule has 140 valence electrons. The fraction of sp³-hybridized carbons (Fsp3) is 0.381. The van der Waals surface area contributed by atoms with Crippen LogP contribution in [0.4, 0.5) is 15.8 Å². The minimum absolute atomic E-state index is 0.0361. The molecule has 0 fully saturated rings. The lowest BCUT2D eigenvalue weighted by atomic mass is 9.94. The van der Waals surface area contributed by atoms with Crippen molar-refractivity contribution in [3.8, 4) is 0 Å². The van der Waals surface area contributed by atoms with Gasteiger partial charge in [0.25, 0.3) is 0 Å². The van der Waals surface area contributed by atoms with Gasteiger partial charge < -0.3 is 15.5 Å². The van der Waals surface area contributed by atoms with Crippen molar-refractivity contribution in [3.05, 3.63) is 59.4 Å². The molecule has 0 aliphatic rings. The summed E-state index contributed by atoms with van der Waals surface area (Å²) in [7, 11) is 3.93. The SMILES string of the molecule is CN(C)c1ccc(N)cc1CN(Cc1ccc(F)cc1)C(=O)C(C)(C)C. The minimum Gasteiger partial charge on any atom is -0.399 e. The van der Waals surface area contributed by atoms with E-state index in [1.165, 1.54) is 12.1 Å². The van der Waals surface area contributed by atoms with Crippen LogP contribution in [0.25, 0.3) is 0 Å². The second-order valence-electron chi connectivity index (χ2n) is 7.82. The van der Waals surface area contributed by atoms with E-state index in [9.17, 15) is 9.18 Å². The average Bonchev–Trinajstić information content (AvgIpc) is 2.54. The first-order chi connectivity index (χ1) is 12.1. The molecule has 0 spiro atoms. The molecule has 0 saturated carbocycles. The summed E-state index contributed by atoms with van der Waals surface area (Å²) >= 11 is 0. The molecule has 2 aromatic carbocycles. The maximum absolute atomic E-state index is 13.2. The first-order valence-electron chi connectivity index (χ1n) is 8.67. The third-order valence-electron chi connectivity index (χ3n) is 4.16. The van der Waals surface area contributed by atoms with Crippen LogP contribution in [0.1, 0.15) is 31.9 Å². The number of carbonyl (C=O) groups excluding carboxylic acids is 1. The highest BCUT2D eigenvalue weighted by molar-refractivity contribution is 5.81. The topological polar surface area (TPSA) is 49.6 Å². The number of amides is 1. The second kappa shape index (κ2) is 7.77.